The number of anilines is 3. The predicted octanol–water partition coefficient (Wildman–Crippen LogP) is 0.836. The molecule has 1 aliphatic carbocycles. The van der Waals surface area contributed by atoms with Crippen LogP contribution in [0.15, 0.2) is 24.7 Å². The lowest BCUT2D eigenvalue weighted by Crippen LogP contribution is -2.35. The summed E-state index contributed by atoms with van der Waals surface area (Å²) in [6.07, 6.45) is 7.38. The Kier molecular flexibility index (Phi) is 5.81. The van der Waals surface area contributed by atoms with Crippen LogP contribution in [0.5, 0.6) is 0 Å². The third kappa shape index (κ3) is 4.34. The van der Waals surface area contributed by atoms with Crippen LogP contribution >= 0.6 is 0 Å². The lowest BCUT2D eigenvalue weighted by Gasteiger charge is -2.20. The lowest BCUT2D eigenvalue weighted by molar-refractivity contribution is -0.125. The molecule has 1 aliphatic heterocycles. The highest BCUT2D eigenvalue weighted by Crippen LogP contribution is 2.51. The first-order chi connectivity index (χ1) is 15.1. The van der Waals surface area contributed by atoms with Crippen LogP contribution < -0.4 is 15.5 Å². The molecule has 3 heterocycles. The van der Waals surface area contributed by atoms with Gasteiger partial charge < -0.3 is 15.4 Å². The Bertz CT molecular complexity index is 1010. The molecule has 11 heteroatoms. The standard InChI is InChI=1S/C20H24N8O3/c1-31-12-17(29)22-7-9-27-11-15(10-24-27)25-19-23-6-4-16(26-19)28-8-5-20(13-21,18(28)30)14-2-3-14/h4,6,10-11,14H,2-3,5,7-9,12H2,1H3,(H,22,29)(H,23,25,26)/t20-/m1/s1. The topological polar surface area (TPSA) is 138 Å². The van der Waals surface area contributed by atoms with Gasteiger partial charge in [0, 0.05) is 32.6 Å². The zero-order chi connectivity index (χ0) is 21.8. The van der Waals surface area contributed by atoms with E-state index >= 15 is 0 Å². The number of carbonyl (C=O) groups excluding carboxylic acids is 2. The van der Waals surface area contributed by atoms with Gasteiger partial charge in [-0.05, 0) is 31.2 Å². The van der Waals surface area contributed by atoms with E-state index < -0.39 is 5.41 Å². The van der Waals surface area contributed by atoms with Gasteiger partial charge in [0.15, 0.2) is 0 Å². The molecule has 2 amide bonds. The number of amides is 2. The number of hydrogen-bond donors (Lipinski definition) is 2. The summed E-state index contributed by atoms with van der Waals surface area (Å²) in [6.45, 7) is 1.42. The molecule has 0 unspecified atom stereocenters. The zero-order valence-corrected chi connectivity index (χ0v) is 17.2. The van der Waals surface area contributed by atoms with Crippen LogP contribution in [-0.4, -0.2) is 58.4 Å². The van der Waals surface area contributed by atoms with Crippen molar-refractivity contribution < 1.29 is 14.3 Å². The SMILES string of the molecule is COCC(=O)NCCn1cc(Nc2nccc(N3CC[C@@](C#N)(C4CC4)C3=O)n2)cn1. The van der Waals surface area contributed by atoms with Gasteiger partial charge in [-0.25, -0.2) is 4.98 Å². The van der Waals surface area contributed by atoms with Gasteiger partial charge in [0.25, 0.3) is 0 Å². The quantitative estimate of drug-likeness (QED) is 0.604. The fourth-order valence-corrected chi connectivity index (χ4v) is 3.84. The molecule has 2 aromatic heterocycles. The van der Waals surface area contributed by atoms with Gasteiger partial charge in [-0.2, -0.15) is 15.3 Å². The first kappa shape index (κ1) is 20.7. The minimum absolute atomic E-state index is 0.0231. The molecule has 1 atom stereocenters. The molecule has 0 bridgehead atoms. The van der Waals surface area contributed by atoms with Crippen molar-refractivity contribution in [3.05, 3.63) is 24.7 Å². The van der Waals surface area contributed by atoms with Crippen molar-refractivity contribution in [2.75, 3.05) is 37.0 Å². The summed E-state index contributed by atoms with van der Waals surface area (Å²) in [5.41, 5.74) is -0.226. The molecule has 2 aromatic rings. The monoisotopic (exact) mass is 424 g/mol. The number of rotatable bonds is 9. The van der Waals surface area contributed by atoms with E-state index in [0.717, 1.165) is 12.8 Å². The molecular formula is C20H24N8O3. The van der Waals surface area contributed by atoms with E-state index in [-0.39, 0.29) is 24.3 Å². The van der Waals surface area contributed by atoms with Gasteiger partial charge in [-0.3, -0.25) is 19.2 Å². The van der Waals surface area contributed by atoms with E-state index in [2.05, 4.69) is 31.8 Å². The molecule has 0 radical (unpaired) electrons. The third-order valence-corrected chi connectivity index (χ3v) is 5.58. The summed E-state index contributed by atoms with van der Waals surface area (Å²) in [6, 6.07) is 3.96. The van der Waals surface area contributed by atoms with Crippen LogP contribution in [-0.2, 0) is 20.9 Å². The number of nitriles is 1. The predicted molar refractivity (Wildman–Crippen MR) is 110 cm³/mol. The molecule has 1 saturated heterocycles. The number of nitrogens with one attached hydrogen (secondary N) is 2. The third-order valence-electron chi connectivity index (χ3n) is 5.58. The van der Waals surface area contributed by atoms with E-state index in [1.165, 1.54) is 7.11 Å². The van der Waals surface area contributed by atoms with Crippen molar-refractivity contribution in [3.63, 3.8) is 0 Å². The molecule has 0 aromatic carbocycles. The second-order valence-corrected chi connectivity index (χ2v) is 7.70. The zero-order valence-electron chi connectivity index (χ0n) is 17.2. The van der Waals surface area contributed by atoms with Crippen LogP contribution in [0.4, 0.5) is 17.5 Å². The van der Waals surface area contributed by atoms with Crippen molar-refractivity contribution in [1.29, 1.82) is 5.26 Å². The van der Waals surface area contributed by atoms with E-state index in [4.69, 9.17) is 4.74 Å². The average molecular weight is 424 g/mol. The summed E-state index contributed by atoms with van der Waals surface area (Å²) < 4.78 is 6.44. The van der Waals surface area contributed by atoms with E-state index in [0.29, 0.717) is 43.5 Å². The summed E-state index contributed by atoms with van der Waals surface area (Å²) >= 11 is 0. The Morgan fingerprint density at radius 3 is 3.03 bits per heavy atom. The fraction of sp³-hybridized carbons (Fsp3) is 0.500. The van der Waals surface area contributed by atoms with Gasteiger partial charge in [0.05, 0.1) is 24.5 Å². The summed E-state index contributed by atoms with van der Waals surface area (Å²) in [4.78, 5) is 34.6. The molecule has 4 rings (SSSR count). The second-order valence-electron chi connectivity index (χ2n) is 7.70. The summed E-state index contributed by atoms with van der Waals surface area (Å²) in [5, 5.41) is 19.7. The summed E-state index contributed by atoms with van der Waals surface area (Å²) in [5.74, 6) is 0.634. The van der Waals surface area contributed by atoms with Gasteiger partial charge >= 0.3 is 0 Å². The first-order valence-electron chi connectivity index (χ1n) is 10.2. The maximum atomic E-state index is 13.0. The fourth-order valence-electron chi connectivity index (χ4n) is 3.84. The van der Waals surface area contributed by atoms with Crippen molar-refractivity contribution >= 4 is 29.3 Å². The molecule has 0 spiro atoms. The minimum Gasteiger partial charge on any atom is -0.375 e. The van der Waals surface area contributed by atoms with E-state index in [1.807, 2.05) is 0 Å². The van der Waals surface area contributed by atoms with Crippen molar-refractivity contribution in [2.24, 2.45) is 11.3 Å². The van der Waals surface area contributed by atoms with Gasteiger partial charge in [0.1, 0.15) is 17.8 Å². The van der Waals surface area contributed by atoms with E-state index in [1.54, 1.807) is 34.2 Å². The lowest BCUT2D eigenvalue weighted by atomic mass is 9.83. The molecule has 162 valence electrons. The molecule has 31 heavy (non-hydrogen) atoms. The highest BCUT2D eigenvalue weighted by molar-refractivity contribution is 6.01. The maximum Gasteiger partial charge on any atom is 0.248 e. The first-order valence-corrected chi connectivity index (χ1v) is 10.2. The van der Waals surface area contributed by atoms with E-state index in [9.17, 15) is 14.9 Å². The molecule has 2 fully saturated rings. The number of carbonyl (C=O) groups is 2. The number of methoxy groups -OCH3 is 1. The van der Waals surface area contributed by atoms with Crippen molar-refractivity contribution in [3.8, 4) is 6.07 Å². The number of nitrogens with zero attached hydrogens (tertiary/aromatic N) is 6. The molecule has 11 nitrogen and oxygen atoms in total. The highest BCUT2D eigenvalue weighted by Gasteiger charge is 2.57. The van der Waals surface area contributed by atoms with Gasteiger partial charge in [-0.15, -0.1) is 0 Å². The number of hydrogen-bond acceptors (Lipinski definition) is 8. The largest absolute Gasteiger partial charge is 0.375 e. The minimum atomic E-state index is -0.904. The Hall–Kier alpha value is -3.52. The maximum absolute atomic E-state index is 13.0. The average Bonchev–Trinajstić information content (AvgIpc) is 3.44. The van der Waals surface area contributed by atoms with Gasteiger partial charge in [0.2, 0.25) is 17.8 Å². The molecule has 1 saturated carbocycles. The molecule has 2 N–H and O–H groups in total. The number of aromatic nitrogens is 4. The van der Waals surface area contributed by atoms with Crippen molar-refractivity contribution in [2.45, 2.75) is 25.8 Å². The normalized spacial score (nSPS) is 20.5. The van der Waals surface area contributed by atoms with Crippen LogP contribution in [0.1, 0.15) is 19.3 Å². The number of ether oxygens (including phenoxy) is 1. The van der Waals surface area contributed by atoms with Gasteiger partial charge in [-0.1, -0.05) is 0 Å². The smallest absolute Gasteiger partial charge is 0.248 e. The molecular weight excluding hydrogens is 400 g/mol. The Morgan fingerprint density at radius 2 is 2.29 bits per heavy atom. The van der Waals surface area contributed by atoms with Crippen LogP contribution in [0.3, 0.4) is 0 Å². The molecule has 2 aliphatic rings. The van der Waals surface area contributed by atoms with Crippen LogP contribution in [0.2, 0.25) is 0 Å². The second kappa shape index (κ2) is 8.69. The van der Waals surface area contributed by atoms with Crippen LogP contribution in [0, 0.1) is 22.7 Å². The Morgan fingerprint density at radius 1 is 1.45 bits per heavy atom. The van der Waals surface area contributed by atoms with Crippen LogP contribution in [0.25, 0.3) is 0 Å². The van der Waals surface area contributed by atoms with Crippen molar-refractivity contribution in [1.82, 2.24) is 25.1 Å². The summed E-state index contributed by atoms with van der Waals surface area (Å²) in [7, 11) is 1.47. The Labute approximate surface area is 179 Å². The highest BCUT2D eigenvalue weighted by atomic mass is 16.5. The Balaban J connectivity index is 1.38.